The van der Waals surface area contributed by atoms with Gasteiger partial charge < -0.3 is 14.4 Å². The van der Waals surface area contributed by atoms with Gasteiger partial charge in [0.1, 0.15) is 6.61 Å². The monoisotopic (exact) mass is 472 g/mol. The van der Waals surface area contributed by atoms with E-state index in [1.54, 1.807) is 31.2 Å². The number of carbonyl (C=O) groups excluding carboxylic acids is 1. The second kappa shape index (κ2) is 11.4. The van der Waals surface area contributed by atoms with Crippen LogP contribution in [0.15, 0.2) is 53.3 Å². The minimum Gasteiger partial charge on any atom is -0.486 e. The van der Waals surface area contributed by atoms with E-state index in [1.165, 1.54) is 16.8 Å². The van der Waals surface area contributed by atoms with Crippen LogP contribution in [-0.4, -0.2) is 54.6 Å². The molecule has 0 saturated heterocycles. The van der Waals surface area contributed by atoms with Crippen molar-refractivity contribution in [2.24, 2.45) is 0 Å². The second-order valence-corrected chi connectivity index (χ2v) is 7.68. The molecule has 1 aromatic heterocycles. The van der Waals surface area contributed by atoms with Crippen LogP contribution in [0.3, 0.4) is 0 Å². The van der Waals surface area contributed by atoms with Gasteiger partial charge >= 0.3 is 6.09 Å². The van der Waals surface area contributed by atoms with Crippen molar-refractivity contribution in [2.45, 2.75) is 13.5 Å². The van der Waals surface area contributed by atoms with Crippen LogP contribution >= 0.6 is 0 Å². The normalized spacial score (nSPS) is 10.9. The smallest absolute Gasteiger partial charge is 0.411 e. The summed E-state index contributed by atoms with van der Waals surface area (Å²) in [5.74, 6) is -2.16. The summed E-state index contributed by atoms with van der Waals surface area (Å²) in [6, 6.07) is 11.8. The minimum atomic E-state index is -0.856. The van der Waals surface area contributed by atoms with Gasteiger partial charge in [0.2, 0.25) is 0 Å². The number of nitrogens with one attached hydrogen (secondary N) is 1. The molecule has 0 spiro atoms. The standard InChI is InChI=1S/C24H26F2N4O4/c1-4-33-24(32)27-18-7-5-6-16(12-18)15-30-22(31)9-8-21(28-30)17-13-19(25)23(20(26)14-17)34-11-10-29(2)3/h5-9,12-14H,4,10-11,15H2,1-3H3,(H,27,32). The summed E-state index contributed by atoms with van der Waals surface area (Å²) in [4.78, 5) is 25.8. The number of ether oxygens (including phenoxy) is 2. The van der Waals surface area contributed by atoms with E-state index in [-0.39, 0.29) is 31.0 Å². The fourth-order valence-corrected chi connectivity index (χ4v) is 3.10. The van der Waals surface area contributed by atoms with Gasteiger partial charge in [-0.15, -0.1) is 0 Å². The van der Waals surface area contributed by atoms with Crippen LogP contribution in [0.4, 0.5) is 19.3 Å². The number of anilines is 1. The molecule has 10 heteroatoms. The lowest BCUT2D eigenvalue weighted by Gasteiger charge is -2.13. The Hall–Kier alpha value is -3.79. The number of benzene rings is 2. The van der Waals surface area contributed by atoms with E-state index >= 15 is 0 Å². The number of halogens is 2. The Labute approximate surface area is 195 Å². The zero-order valence-electron chi connectivity index (χ0n) is 19.2. The minimum absolute atomic E-state index is 0.0850. The topological polar surface area (TPSA) is 85.7 Å². The largest absolute Gasteiger partial charge is 0.486 e. The molecule has 1 N–H and O–H groups in total. The van der Waals surface area contributed by atoms with Crippen LogP contribution in [0.5, 0.6) is 5.75 Å². The van der Waals surface area contributed by atoms with Crippen molar-refractivity contribution in [1.82, 2.24) is 14.7 Å². The van der Waals surface area contributed by atoms with E-state index in [0.717, 1.165) is 12.1 Å². The molecule has 0 aliphatic heterocycles. The van der Waals surface area contributed by atoms with Crippen molar-refractivity contribution in [1.29, 1.82) is 0 Å². The third kappa shape index (κ3) is 6.61. The van der Waals surface area contributed by atoms with Crippen molar-refractivity contribution in [3.05, 3.63) is 76.1 Å². The van der Waals surface area contributed by atoms with Crippen LogP contribution in [0.25, 0.3) is 11.3 Å². The number of likely N-dealkylation sites (N-methyl/N-ethyl adjacent to an activating group) is 1. The Morgan fingerprint density at radius 1 is 1.12 bits per heavy atom. The number of hydrogen-bond donors (Lipinski definition) is 1. The lowest BCUT2D eigenvalue weighted by atomic mass is 10.1. The molecule has 0 radical (unpaired) electrons. The SMILES string of the molecule is CCOC(=O)Nc1cccc(Cn2nc(-c3cc(F)c(OCCN(C)C)c(F)c3)ccc2=O)c1. The molecule has 0 unspecified atom stereocenters. The fraction of sp³-hybridized carbons (Fsp3) is 0.292. The Morgan fingerprint density at radius 3 is 2.53 bits per heavy atom. The summed E-state index contributed by atoms with van der Waals surface area (Å²) in [5.41, 5.74) is 1.17. The lowest BCUT2D eigenvalue weighted by Crippen LogP contribution is -2.23. The van der Waals surface area contributed by atoms with E-state index in [4.69, 9.17) is 9.47 Å². The zero-order valence-corrected chi connectivity index (χ0v) is 19.2. The van der Waals surface area contributed by atoms with Crippen molar-refractivity contribution >= 4 is 11.8 Å². The number of amides is 1. The quantitative estimate of drug-likeness (QED) is 0.511. The Bertz CT molecular complexity index is 1190. The van der Waals surface area contributed by atoms with Crippen molar-refractivity contribution in [2.75, 3.05) is 39.2 Å². The van der Waals surface area contributed by atoms with E-state index in [2.05, 4.69) is 10.4 Å². The Morgan fingerprint density at radius 2 is 1.85 bits per heavy atom. The fourth-order valence-electron chi connectivity index (χ4n) is 3.10. The Kier molecular flexibility index (Phi) is 8.31. The Balaban J connectivity index is 1.82. The van der Waals surface area contributed by atoms with E-state index in [9.17, 15) is 18.4 Å². The molecule has 1 heterocycles. The highest BCUT2D eigenvalue weighted by atomic mass is 19.1. The maximum absolute atomic E-state index is 14.5. The zero-order chi connectivity index (χ0) is 24.7. The number of aromatic nitrogens is 2. The van der Waals surface area contributed by atoms with E-state index in [0.29, 0.717) is 17.8 Å². The molecule has 1 amide bonds. The first-order valence-corrected chi connectivity index (χ1v) is 10.6. The first-order chi connectivity index (χ1) is 16.3. The average molecular weight is 472 g/mol. The lowest BCUT2D eigenvalue weighted by molar-refractivity contribution is 0.168. The molecule has 0 saturated carbocycles. The summed E-state index contributed by atoms with van der Waals surface area (Å²) in [7, 11) is 3.65. The molecule has 0 atom stereocenters. The van der Waals surface area contributed by atoms with Crippen molar-refractivity contribution < 1.29 is 23.0 Å². The molecule has 0 aliphatic rings. The van der Waals surface area contributed by atoms with Gasteiger partial charge in [0.15, 0.2) is 17.4 Å². The molecule has 2 aromatic carbocycles. The van der Waals surface area contributed by atoms with Crippen LogP contribution in [0.2, 0.25) is 0 Å². The third-order valence-electron chi connectivity index (χ3n) is 4.73. The summed E-state index contributed by atoms with van der Waals surface area (Å²) in [6.45, 7) is 2.66. The predicted octanol–water partition coefficient (Wildman–Crippen LogP) is 3.75. The summed E-state index contributed by atoms with van der Waals surface area (Å²) in [6.07, 6.45) is -0.588. The highest BCUT2D eigenvalue weighted by Gasteiger charge is 2.15. The van der Waals surface area contributed by atoms with Crippen molar-refractivity contribution in [3.63, 3.8) is 0 Å². The molecule has 0 fully saturated rings. The molecule has 8 nitrogen and oxygen atoms in total. The van der Waals surface area contributed by atoms with Crippen molar-refractivity contribution in [3.8, 4) is 17.0 Å². The maximum Gasteiger partial charge on any atom is 0.411 e. The van der Waals surface area contributed by atoms with E-state index < -0.39 is 29.0 Å². The van der Waals surface area contributed by atoms with Crippen LogP contribution in [0.1, 0.15) is 12.5 Å². The molecular weight excluding hydrogens is 446 g/mol. The van der Waals surface area contributed by atoms with Crippen LogP contribution in [0, 0.1) is 11.6 Å². The summed E-state index contributed by atoms with van der Waals surface area (Å²) >= 11 is 0. The van der Waals surface area contributed by atoms with Gasteiger partial charge in [-0.25, -0.2) is 18.3 Å². The molecule has 0 bridgehead atoms. The van der Waals surface area contributed by atoms with Crippen LogP contribution in [-0.2, 0) is 11.3 Å². The van der Waals surface area contributed by atoms with E-state index in [1.807, 2.05) is 19.0 Å². The van der Waals surface area contributed by atoms with Gasteiger partial charge in [-0.05, 0) is 56.9 Å². The number of rotatable bonds is 9. The number of nitrogens with zero attached hydrogens (tertiary/aromatic N) is 3. The van der Waals surface area contributed by atoms with Gasteiger partial charge in [0.05, 0.1) is 18.8 Å². The molecule has 0 aliphatic carbocycles. The van der Waals surface area contributed by atoms with Gasteiger partial charge in [-0.3, -0.25) is 10.1 Å². The molecular formula is C24H26F2N4O4. The summed E-state index contributed by atoms with van der Waals surface area (Å²) in [5, 5.41) is 6.86. The molecule has 34 heavy (non-hydrogen) atoms. The third-order valence-corrected chi connectivity index (χ3v) is 4.73. The average Bonchev–Trinajstić information content (AvgIpc) is 2.77. The summed E-state index contributed by atoms with van der Waals surface area (Å²) < 4.78 is 40.3. The van der Waals surface area contributed by atoms with Gasteiger partial charge in [0.25, 0.3) is 5.56 Å². The highest BCUT2D eigenvalue weighted by Crippen LogP contribution is 2.28. The predicted molar refractivity (Wildman–Crippen MR) is 124 cm³/mol. The van der Waals surface area contributed by atoms with Gasteiger partial charge in [-0.2, -0.15) is 5.10 Å². The first-order valence-electron chi connectivity index (χ1n) is 10.6. The molecule has 3 aromatic rings. The highest BCUT2D eigenvalue weighted by molar-refractivity contribution is 5.84. The number of hydrogen-bond acceptors (Lipinski definition) is 6. The second-order valence-electron chi connectivity index (χ2n) is 7.68. The molecule has 3 rings (SSSR count). The van der Waals surface area contributed by atoms with Crippen LogP contribution < -0.4 is 15.6 Å². The first kappa shape index (κ1) is 24.8. The maximum atomic E-state index is 14.5. The van der Waals surface area contributed by atoms with Gasteiger partial charge in [0, 0.05) is 23.9 Å². The molecule has 180 valence electrons. The number of carbonyl (C=O) groups is 1. The van der Waals surface area contributed by atoms with Gasteiger partial charge in [-0.1, -0.05) is 12.1 Å².